The first-order chi connectivity index (χ1) is 10.5. The zero-order chi connectivity index (χ0) is 15.7. The lowest BCUT2D eigenvalue weighted by atomic mass is 9.95. The van der Waals surface area contributed by atoms with Crippen LogP contribution >= 0.6 is 0 Å². The summed E-state index contributed by atoms with van der Waals surface area (Å²) in [6.45, 7) is 3.34. The predicted molar refractivity (Wildman–Crippen MR) is 83.0 cm³/mol. The Morgan fingerprint density at radius 2 is 2.09 bits per heavy atom. The van der Waals surface area contributed by atoms with Crippen molar-refractivity contribution in [2.75, 3.05) is 20.2 Å². The highest BCUT2D eigenvalue weighted by Crippen LogP contribution is 2.49. The van der Waals surface area contributed by atoms with Gasteiger partial charge in [-0.15, -0.1) is 0 Å². The van der Waals surface area contributed by atoms with Crippen LogP contribution in [0.15, 0.2) is 0 Å². The Morgan fingerprint density at radius 1 is 1.41 bits per heavy atom. The Hall–Kier alpha value is -1.12. The molecule has 0 aromatic heterocycles. The summed E-state index contributed by atoms with van der Waals surface area (Å²) in [4.78, 5) is 14.1. The normalized spacial score (nSPS) is 40.7. The summed E-state index contributed by atoms with van der Waals surface area (Å²) in [5, 5.41) is 12.6. The molecule has 3 fully saturated rings. The summed E-state index contributed by atoms with van der Waals surface area (Å²) in [6.07, 6.45) is 6.79. The molecule has 1 N–H and O–H groups in total. The van der Waals surface area contributed by atoms with Crippen LogP contribution < -0.4 is 5.32 Å². The lowest BCUT2D eigenvalue weighted by molar-refractivity contribution is -0.130. The van der Waals surface area contributed by atoms with E-state index in [1.54, 1.807) is 4.90 Å². The number of fused-ring (bicyclic) bond motifs is 1. The Morgan fingerprint density at radius 3 is 2.68 bits per heavy atom. The fourth-order valence-corrected chi connectivity index (χ4v) is 4.82. The lowest BCUT2D eigenvalue weighted by Gasteiger charge is -2.29. The molecule has 5 heteroatoms. The first-order valence-electron chi connectivity index (χ1n) is 8.51. The summed E-state index contributed by atoms with van der Waals surface area (Å²) in [6, 6.07) is 2.02. The molecule has 0 radical (unpaired) electrons. The number of ether oxygens (including phenoxy) is 1. The number of nitrogens with one attached hydrogen (secondary N) is 1. The second kappa shape index (κ2) is 6.17. The minimum absolute atomic E-state index is 0.0611. The largest absolute Gasteiger partial charge is 0.381 e. The van der Waals surface area contributed by atoms with E-state index in [0.717, 1.165) is 56.9 Å². The Kier molecular flexibility index (Phi) is 4.42. The zero-order valence-electron chi connectivity index (χ0n) is 13.7. The number of carbonyl (C=O) groups is 1. The van der Waals surface area contributed by atoms with Gasteiger partial charge < -0.3 is 15.0 Å². The average Bonchev–Trinajstić information content (AvgIpc) is 3.17. The number of amides is 1. The van der Waals surface area contributed by atoms with Crippen molar-refractivity contribution in [3.8, 4) is 6.07 Å². The van der Waals surface area contributed by atoms with E-state index >= 15 is 0 Å². The molecule has 22 heavy (non-hydrogen) atoms. The maximum atomic E-state index is 12.4. The summed E-state index contributed by atoms with van der Waals surface area (Å²) < 4.78 is 5.49. The number of nitrogens with zero attached hydrogens (tertiary/aromatic N) is 2. The van der Waals surface area contributed by atoms with Crippen LogP contribution in [0.3, 0.4) is 0 Å². The second-order valence-electron chi connectivity index (χ2n) is 7.55. The minimum Gasteiger partial charge on any atom is -0.381 e. The van der Waals surface area contributed by atoms with E-state index in [9.17, 15) is 4.79 Å². The van der Waals surface area contributed by atoms with Gasteiger partial charge in [0, 0.05) is 19.2 Å². The maximum absolute atomic E-state index is 12.4. The first-order valence-corrected chi connectivity index (χ1v) is 8.51. The van der Waals surface area contributed by atoms with Gasteiger partial charge in [-0.1, -0.05) is 0 Å². The van der Waals surface area contributed by atoms with Crippen molar-refractivity contribution in [1.82, 2.24) is 10.2 Å². The number of carbonyl (C=O) groups excluding carboxylic acids is 1. The van der Waals surface area contributed by atoms with Gasteiger partial charge in [0.15, 0.2) is 0 Å². The molecule has 0 aromatic carbocycles. The SMILES string of the molecule is COC1CC2CC(C)(NCC(=O)N3CCC[C@H]3C#N)CC2C1. The van der Waals surface area contributed by atoms with Gasteiger partial charge in [0.05, 0.1) is 18.7 Å². The van der Waals surface area contributed by atoms with Gasteiger partial charge in [0.1, 0.15) is 6.04 Å². The Bertz CT molecular complexity index is 459. The van der Waals surface area contributed by atoms with Crippen LogP contribution in [0.5, 0.6) is 0 Å². The fourth-order valence-electron chi connectivity index (χ4n) is 4.82. The first kappa shape index (κ1) is 15.8. The number of hydrogen-bond acceptors (Lipinski definition) is 4. The Labute approximate surface area is 133 Å². The molecule has 0 aromatic rings. The molecule has 1 heterocycles. The van der Waals surface area contributed by atoms with Crippen LogP contribution in [-0.2, 0) is 9.53 Å². The minimum atomic E-state index is -0.215. The van der Waals surface area contributed by atoms with Crippen molar-refractivity contribution in [3.05, 3.63) is 0 Å². The summed E-state index contributed by atoms with van der Waals surface area (Å²) in [7, 11) is 1.81. The maximum Gasteiger partial charge on any atom is 0.237 e. The molecule has 3 atom stereocenters. The topological polar surface area (TPSA) is 65.4 Å². The monoisotopic (exact) mass is 305 g/mol. The molecule has 1 saturated heterocycles. The molecule has 0 spiro atoms. The van der Waals surface area contributed by atoms with E-state index in [0.29, 0.717) is 12.6 Å². The van der Waals surface area contributed by atoms with E-state index in [1.165, 1.54) is 0 Å². The molecule has 1 amide bonds. The van der Waals surface area contributed by atoms with Crippen molar-refractivity contribution < 1.29 is 9.53 Å². The highest BCUT2D eigenvalue weighted by Gasteiger charge is 2.47. The molecule has 1 aliphatic heterocycles. The van der Waals surface area contributed by atoms with Gasteiger partial charge in [0.25, 0.3) is 0 Å². The van der Waals surface area contributed by atoms with Crippen molar-refractivity contribution in [2.45, 2.75) is 63.1 Å². The van der Waals surface area contributed by atoms with E-state index < -0.39 is 0 Å². The zero-order valence-corrected chi connectivity index (χ0v) is 13.7. The summed E-state index contributed by atoms with van der Waals surface area (Å²) in [5.41, 5.74) is 0.0611. The highest BCUT2D eigenvalue weighted by molar-refractivity contribution is 5.79. The molecular weight excluding hydrogens is 278 g/mol. The quantitative estimate of drug-likeness (QED) is 0.858. The molecule has 0 bridgehead atoms. The third-order valence-electron chi connectivity index (χ3n) is 5.95. The smallest absolute Gasteiger partial charge is 0.237 e. The van der Waals surface area contributed by atoms with Crippen molar-refractivity contribution in [1.29, 1.82) is 5.26 Å². The van der Waals surface area contributed by atoms with Crippen molar-refractivity contribution in [3.63, 3.8) is 0 Å². The van der Waals surface area contributed by atoms with Crippen LogP contribution in [0.4, 0.5) is 0 Å². The molecule has 3 aliphatic rings. The summed E-state index contributed by atoms with van der Waals surface area (Å²) in [5.74, 6) is 1.55. The van der Waals surface area contributed by atoms with Gasteiger partial charge in [-0.3, -0.25) is 4.79 Å². The van der Waals surface area contributed by atoms with E-state index in [1.807, 2.05) is 7.11 Å². The molecule has 2 aliphatic carbocycles. The van der Waals surface area contributed by atoms with E-state index in [2.05, 4.69) is 18.3 Å². The predicted octanol–water partition coefficient (Wildman–Crippen LogP) is 1.68. The molecule has 3 rings (SSSR count). The van der Waals surface area contributed by atoms with Crippen LogP contribution in [-0.4, -0.2) is 48.7 Å². The van der Waals surface area contributed by atoms with Gasteiger partial charge in [-0.05, 0) is 57.3 Å². The molecule has 2 saturated carbocycles. The van der Waals surface area contributed by atoms with Crippen LogP contribution in [0.2, 0.25) is 0 Å². The van der Waals surface area contributed by atoms with Crippen LogP contribution in [0, 0.1) is 23.2 Å². The van der Waals surface area contributed by atoms with Gasteiger partial charge in [-0.2, -0.15) is 5.26 Å². The fraction of sp³-hybridized carbons (Fsp3) is 0.882. The molecule has 5 nitrogen and oxygen atoms in total. The van der Waals surface area contributed by atoms with Crippen molar-refractivity contribution >= 4 is 5.91 Å². The number of nitriles is 1. The molecule has 2 unspecified atom stereocenters. The van der Waals surface area contributed by atoms with E-state index in [4.69, 9.17) is 10.00 Å². The van der Waals surface area contributed by atoms with Gasteiger partial charge >= 0.3 is 0 Å². The number of methoxy groups -OCH3 is 1. The second-order valence-corrected chi connectivity index (χ2v) is 7.55. The third-order valence-corrected chi connectivity index (χ3v) is 5.95. The number of hydrogen-bond donors (Lipinski definition) is 1. The summed E-state index contributed by atoms with van der Waals surface area (Å²) >= 11 is 0. The third kappa shape index (κ3) is 3.00. The Balaban J connectivity index is 1.50. The van der Waals surface area contributed by atoms with Crippen LogP contribution in [0.25, 0.3) is 0 Å². The molecule has 122 valence electrons. The van der Waals surface area contributed by atoms with Crippen molar-refractivity contribution in [2.24, 2.45) is 11.8 Å². The lowest BCUT2D eigenvalue weighted by Crippen LogP contribution is -2.48. The standard InChI is InChI=1S/C17H27N3O2/c1-17(8-12-6-15(22-2)7-13(12)9-17)19-11-16(21)20-5-3-4-14(20)10-18/h12-15,19H,3-9,11H2,1-2H3/t12?,13?,14-,15?,17?/m0/s1. The van der Waals surface area contributed by atoms with Crippen LogP contribution in [0.1, 0.15) is 45.4 Å². The van der Waals surface area contributed by atoms with Gasteiger partial charge in [0.2, 0.25) is 5.91 Å². The van der Waals surface area contributed by atoms with Gasteiger partial charge in [-0.25, -0.2) is 0 Å². The van der Waals surface area contributed by atoms with E-state index in [-0.39, 0.29) is 17.5 Å². The number of likely N-dealkylation sites (tertiary alicyclic amines) is 1. The number of rotatable bonds is 4. The molecular formula is C17H27N3O2. The highest BCUT2D eigenvalue weighted by atomic mass is 16.5. The average molecular weight is 305 g/mol.